The number of carbonyl (C=O) groups is 1. The van der Waals surface area contributed by atoms with Crippen LogP contribution in [0.5, 0.6) is 5.75 Å². The molecule has 1 aromatic heterocycles. The Morgan fingerprint density at radius 2 is 1.94 bits per heavy atom. The minimum atomic E-state index is -0.173. The van der Waals surface area contributed by atoms with Gasteiger partial charge in [0.2, 0.25) is 0 Å². The number of rotatable bonds is 8. The van der Waals surface area contributed by atoms with E-state index >= 15 is 0 Å². The van der Waals surface area contributed by atoms with Gasteiger partial charge >= 0.3 is 0 Å². The molecule has 1 saturated heterocycles. The fraction of sp³-hybridized carbons (Fsp3) is 0.385. The molecule has 0 atom stereocenters. The topological polar surface area (TPSA) is 65.4 Å². The van der Waals surface area contributed by atoms with Gasteiger partial charge < -0.3 is 14.8 Å². The lowest BCUT2D eigenvalue weighted by Gasteiger charge is -2.38. The molecule has 1 aliphatic heterocycles. The van der Waals surface area contributed by atoms with Crippen molar-refractivity contribution in [1.29, 1.82) is 0 Å². The van der Waals surface area contributed by atoms with E-state index in [1.165, 1.54) is 5.56 Å². The summed E-state index contributed by atoms with van der Waals surface area (Å²) in [6.07, 6.45) is 4.02. The van der Waals surface area contributed by atoms with Crippen LogP contribution in [0.4, 0.5) is 0 Å². The molecule has 2 heterocycles. The predicted molar refractivity (Wildman–Crippen MR) is 130 cm³/mol. The van der Waals surface area contributed by atoms with E-state index in [2.05, 4.69) is 22.5 Å². The number of amides is 1. The lowest BCUT2D eigenvalue weighted by molar-refractivity contribution is 0.0487. The Balaban J connectivity index is 1.55. The van der Waals surface area contributed by atoms with E-state index in [9.17, 15) is 4.79 Å². The zero-order valence-corrected chi connectivity index (χ0v) is 19.9. The van der Waals surface area contributed by atoms with Crippen molar-refractivity contribution in [3.63, 3.8) is 0 Å². The molecule has 6 nitrogen and oxygen atoms in total. The molecule has 1 aliphatic rings. The molecule has 0 radical (unpaired) electrons. The summed E-state index contributed by atoms with van der Waals surface area (Å²) in [5, 5.41) is 8.31. The predicted octanol–water partition coefficient (Wildman–Crippen LogP) is 4.97. The van der Waals surface area contributed by atoms with Crippen LogP contribution in [0.25, 0.3) is 5.69 Å². The summed E-state index contributed by atoms with van der Waals surface area (Å²) in [5.41, 5.74) is 3.31. The SMILES string of the molecule is CCOc1ccc(C2(CNC(=O)c3cnn(-c4cccc(Cl)c4)c3CC)CCOCC2)cc1. The van der Waals surface area contributed by atoms with E-state index in [-0.39, 0.29) is 11.3 Å². The number of carbonyl (C=O) groups excluding carboxylic acids is 1. The third-order valence-electron chi connectivity index (χ3n) is 6.32. The Labute approximate surface area is 199 Å². The molecule has 174 valence electrons. The van der Waals surface area contributed by atoms with Crippen molar-refractivity contribution in [1.82, 2.24) is 15.1 Å². The van der Waals surface area contributed by atoms with Gasteiger partial charge in [0, 0.05) is 30.2 Å². The maximum Gasteiger partial charge on any atom is 0.254 e. The first-order valence-corrected chi connectivity index (χ1v) is 11.9. The van der Waals surface area contributed by atoms with Crippen molar-refractivity contribution < 1.29 is 14.3 Å². The fourth-order valence-corrected chi connectivity index (χ4v) is 4.66. The van der Waals surface area contributed by atoms with Gasteiger partial charge in [0.1, 0.15) is 5.75 Å². The molecule has 3 aromatic rings. The van der Waals surface area contributed by atoms with E-state index < -0.39 is 0 Å². The smallest absolute Gasteiger partial charge is 0.254 e. The van der Waals surface area contributed by atoms with Crippen molar-refractivity contribution in [3.8, 4) is 11.4 Å². The summed E-state index contributed by atoms with van der Waals surface area (Å²) < 4.78 is 13.0. The van der Waals surface area contributed by atoms with Crippen molar-refractivity contribution in [2.45, 2.75) is 38.5 Å². The minimum absolute atomic E-state index is 0.114. The summed E-state index contributed by atoms with van der Waals surface area (Å²) in [6, 6.07) is 15.7. The van der Waals surface area contributed by atoms with Gasteiger partial charge in [-0.1, -0.05) is 36.7 Å². The first-order valence-electron chi connectivity index (χ1n) is 11.5. The van der Waals surface area contributed by atoms with Crippen LogP contribution < -0.4 is 10.1 Å². The fourth-order valence-electron chi connectivity index (χ4n) is 4.48. The normalized spacial score (nSPS) is 15.2. The van der Waals surface area contributed by atoms with Crippen LogP contribution in [0.2, 0.25) is 5.02 Å². The highest BCUT2D eigenvalue weighted by Gasteiger charge is 2.35. The van der Waals surface area contributed by atoms with E-state index in [0.29, 0.717) is 43.4 Å². The number of halogens is 1. The second kappa shape index (κ2) is 10.4. The third-order valence-corrected chi connectivity index (χ3v) is 6.55. The monoisotopic (exact) mass is 467 g/mol. The average molecular weight is 468 g/mol. The van der Waals surface area contributed by atoms with Crippen LogP contribution in [0.3, 0.4) is 0 Å². The van der Waals surface area contributed by atoms with Crippen LogP contribution >= 0.6 is 11.6 Å². The molecule has 0 saturated carbocycles. The van der Waals surface area contributed by atoms with Crippen LogP contribution in [0.15, 0.2) is 54.7 Å². The molecule has 1 fully saturated rings. The van der Waals surface area contributed by atoms with Crippen LogP contribution in [-0.2, 0) is 16.6 Å². The molecule has 7 heteroatoms. The van der Waals surface area contributed by atoms with Gasteiger partial charge in [-0.3, -0.25) is 4.79 Å². The molecule has 0 spiro atoms. The number of ether oxygens (including phenoxy) is 2. The highest BCUT2D eigenvalue weighted by atomic mass is 35.5. The second-order valence-electron chi connectivity index (χ2n) is 8.28. The minimum Gasteiger partial charge on any atom is -0.494 e. The first kappa shape index (κ1) is 23.3. The molecule has 1 amide bonds. The second-order valence-corrected chi connectivity index (χ2v) is 8.72. The van der Waals surface area contributed by atoms with Gasteiger partial charge in [0.25, 0.3) is 5.91 Å². The largest absolute Gasteiger partial charge is 0.494 e. The van der Waals surface area contributed by atoms with Crippen molar-refractivity contribution >= 4 is 17.5 Å². The first-order chi connectivity index (χ1) is 16.1. The molecule has 2 aromatic carbocycles. The van der Waals surface area contributed by atoms with Gasteiger partial charge in [0.15, 0.2) is 0 Å². The summed E-state index contributed by atoms with van der Waals surface area (Å²) in [5.74, 6) is 0.741. The quantitative estimate of drug-likeness (QED) is 0.508. The maximum atomic E-state index is 13.2. The molecular weight excluding hydrogens is 438 g/mol. The summed E-state index contributed by atoms with van der Waals surface area (Å²) >= 11 is 6.16. The number of benzene rings is 2. The molecule has 4 rings (SSSR count). The Hall–Kier alpha value is -2.83. The van der Waals surface area contributed by atoms with E-state index in [1.807, 2.05) is 50.2 Å². The molecular formula is C26H30ClN3O3. The number of hydrogen-bond acceptors (Lipinski definition) is 4. The standard InChI is InChI=1S/C26H30ClN3O3/c1-3-24-23(17-29-30(24)21-7-5-6-20(27)16-21)25(31)28-18-26(12-14-32-15-13-26)19-8-10-22(11-9-19)33-4-2/h5-11,16-17H,3-4,12-15,18H2,1-2H3,(H,28,31). The molecule has 33 heavy (non-hydrogen) atoms. The van der Waals surface area contributed by atoms with Gasteiger partial charge in [-0.25, -0.2) is 4.68 Å². The molecule has 0 aliphatic carbocycles. The Kier molecular flexibility index (Phi) is 7.36. The lowest BCUT2D eigenvalue weighted by Crippen LogP contribution is -2.44. The van der Waals surface area contributed by atoms with Gasteiger partial charge in [-0.05, 0) is 62.1 Å². The van der Waals surface area contributed by atoms with Crippen LogP contribution in [0.1, 0.15) is 48.3 Å². The van der Waals surface area contributed by atoms with Gasteiger partial charge in [-0.2, -0.15) is 5.10 Å². The van der Waals surface area contributed by atoms with E-state index in [4.69, 9.17) is 21.1 Å². The summed E-state index contributed by atoms with van der Waals surface area (Å²) in [4.78, 5) is 13.2. The maximum absolute atomic E-state index is 13.2. The van der Waals surface area contributed by atoms with Crippen molar-refractivity contribution in [3.05, 3.63) is 76.6 Å². The van der Waals surface area contributed by atoms with Crippen molar-refractivity contribution in [2.75, 3.05) is 26.4 Å². The number of nitrogens with zero attached hydrogens (tertiary/aromatic N) is 2. The van der Waals surface area contributed by atoms with Gasteiger partial charge in [0.05, 0.1) is 29.7 Å². The molecule has 0 unspecified atom stereocenters. The molecule has 1 N–H and O–H groups in total. The summed E-state index contributed by atoms with van der Waals surface area (Å²) in [7, 11) is 0. The van der Waals surface area contributed by atoms with Crippen molar-refractivity contribution in [2.24, 2.45) is 0 Å². The zero-order valence-electron chi connectivity index (χ0n) is 19.1. The Morgan fingerprint density at radius 3 is 2.61 bits per heavy atom. The lowest BCUT2D eigenvalue weighted by atomic mass is 9.74. The summed E-state index contributed by atoms with van der Waals surface area (Å²) in [6.45, 7) is 6.52. The number of nitrogens with one attached hydrogen (secondary N) is 1. The van der Waals surface area contributed by atoms with E-state index in [1.54, 1.807) is 10.9 Å². The van der Waals surface area contributed by atoms with Crippen LogP contribution in [0, 0.1) is 0 Å². The van der Waals surface area contributed by atoms with E-state index in [0.717, 1.165) is 30.0 Å². The number of aromatic nitrogens is 2. The Bertz CT molecular complexity index is 1090. The van der Waals surface area contributed by atoms with Crippen LogP contribution in [-0.4, -0.2) is 42.1 Å². The average Bonchev–Trinajstić information content (AvgIpc) is 3.28. The number of hydrogen-bond donors (Lipinski definition) is 1. The highest BCUT2D eigenvalue weighted by molar-refractivity contribution is 6.30. The molecule has 0 bridgehead atoms. The zero-order chi connectivity index (χ0) is 23.3. The van der Waals surface area contributed by atoms with Gasteiger partial charge in [-0.15, -0.1) is 0 Å². The Morgan fingerprint density at radius 1 is 1.18 bits per heavy atom. The highest BCUT2D eigenvalue weighted by Crippen LogP contribution is 2.35. The third kappa shape index (κ3) is 5.07.